The lowest BCUT2D eigenvalue weighted by molar-refractivity contribution is 0.00636. The maximum atomic E-state index is 6.14. The van der Waals surface area contributed by atoms with Gasteiger partial charge in [-0.2, -0.15) is 0 Å². The zero-order chi connectivity index (χ0) is 14.5. The minimum Gasteiger partial charge on any atom is -0.493 e. The summed E-state index contributed by atoms with van der Waals surface area (Å²) in [4.78, 5) is 0. The molecular weight excluding hydrogens is 266 g/mol. The van der Waals surface area contributed by atoms with Crippen LogP contribution in [-0.4, -0.2) is 39.5 Å². The van der Waals surface area contributed by atoms with Crippen molar-refractivity contribution in [3.63, 3.8) is 0 Å². The molecule has 21 heavy (non-hydrogen) atoms. The maximum Gasteiger partial charge on any atom is 0.164 e. The number of ether oxygens (including phenoxy) is 3. The van der Waals surface area contributed by atoms with Gasteiger partial charge in [-0.15, -0.1) is 0 Å². The predicted molar refractivity (Wildman–Crippen MR) is 82.3 cm³/mol. The van der Waals surface area contributed by atoms with E-state index in [9.17, 15) is 0 Å². The largest absolute Gasteiger partial charge is 0.493 e. The summed E-state index contributed by atoms with van der Waals surface area (Å²) in [7, 11) is 1.74. The smallest absolute Gasteiger partial charge is 0.164 e. The average Bonchev–Trinajstić information content (AvgIpc) is 2.56. The van der Waals surface area contributed by atoms with Crippen LogP contribution in [0.1, 0.15) is 37.2 Å². The highest BCUT2D eigenvalue weighted by molar-refractivity contribution is 5.48. The number of rotatable bonds is 4. The van der Waals surface area contributed by atoms with Crippen molar-refractivity contribution < 1.29 is 14.2 Å². The van der Waals surface area contributed by atoms with Gasteiger partial charge in [-0.25, -0.2) is 0 Å². The molecule has 0 spiro atoms. The van der Waals surface area contributed by atoms with Gasteiger partial charge in [0.2, 0.25) is 0 Å². The van der Waals surface area contributed by atoms with Gasteiger partial charge in [0.1, 0.15) is 6.10 Å². The first kappa shape index (κ1) is 14.7. The molecule has 1 unspecified atom stereocenters. The normalized spacial score (nSPS) is 23.8. The lowest BCUT2D eigenvalue weighted by atomic mass is 9.89. The van der Waals surface area contributed by atoms with Crippen LogP contribution in [0, 0.1) is 0 Å². The van der Waals surface area contributed by atoms with Crippen molar-refractivity contribution in [1.82, 2.24) is 5.32 Å². The molecule has 0 bridgehead atoms. The lowest BCUT2D eigenvalue weighted by Gasteiger charge is -2.28. The number of hydrogen-bond donors (Lipinski definition) is 1. The Kier molecular flexibility index (Phi) is 4.99. The Balaban J connectivity index is 1.79. The molecule has 0 aliphatic carbocycles. The Bertz CT molecular complexity index is 451. The van der Waals surface area contributed by atoms with Gasteiger partial charge in [-0.1, -0.05) is 12.1 Å². The molecule has 2 aliphatic heterocycles. The number of benzene rings is 1. The number of nitrogens with one attached hydrogen (secondary N) is 1. The van der Waals surface area contributed by atoms with Crippen LogP contribution in [0.4, 0.5) is 0 Å². The summed E-state index contributed by atoms with van der Waals surface area (Å²) in [5, 5.41) is 3.41. The zero-order valence-corrected chi connectivity index (χ0v) is 12.8. The molecule has 2 saturated heterocycles. The molecule has 2 heterocycles. The van der Waals surface area contributed by atoms with Gasteiger partial charge in [-0.3, -0.25) is 0 Å². The van der Waals surface area contributed by atoms with Crippen molar-refractivity contribution in [2.75, 3.05) is 33.4 Å². The highest BCUT2D eigenvalue weighted by Gasteiger charge is 2.23. The Morgan fingerprint density at radius 1 is 1.19 bits per heavy atom. The second-order valence-corrected chi connectivity index (χ2v) is 5.86. The first-order valence-corrected chi connectivity index (χ1v) is 8.00. The molecule has 1 aromatic rings. The molecule has 0 saturated carbocycles. The molecule has 2 fully saturated rings. The van der Waals surface area contributed by atoms with Crippen LogP contribution in [0.15, 0.2) is 18.2 Å². The lowest BCUT2D eigenvalue weighted by Crippen LogP contribution is -2.28. The summed E-state index contributed by atoms with van der Waals surface area (Å²) in [5.74, 6) is 2.34. The van der Waals surface area contributed by atoms with E-state index in [4.69, 9.17) is 14.2 Å². The van der Waals surface area contributed by atoms with Crippen molar-refractivity contribution in [3.8, 4) is 11.5 Å². The number of hydrogen-bond acceptors (Lipinski definition) is 4. The quantitative estimate of drug-likeness (QED) is 0.926. The summed E-state index contributed by atoms with van der Waals surface area (Å²) in [6, 6.07) is 6.27. The molecule has 0 radical (unpaired) electrons. The van der Waals surface area contributed by atoms with E-state index in [1.807, 2.05) is 6.07 Å². The third-order valence-electron chi connectivity index (χ3n) is 4.40. The molecule has 4 heteroatoms. The topological polar surface area (TPSA) is 39.7 Å². The molecule has 1 aromatic carbocycles. The van der Waals surface area contributed by atoms with Crippen LogP contribution in [0.2, 0.25) is 0 Å². The van der Waals surface area contributed by atoms with Gasteiger partial charge in [0, 0.05) is 12.2 Å². The van der Waals surface area contributed by atoms with E-state index < -0.39 is 0 Å². The van der Waals surface area contributed by atoms with Crippen molar-refractivity contribution in [1.29, 1.82) is 0 Å². The van der Waals surface area contributed by atoms with Gasteiger partial charge in [0.15, 0.2) is 11.5 Å². The monoisotopic (exact) mass is 291 g/mol. The van der Waals surface area contributed by atoms with Crippen molar-refractivity contribution in [2.45, 2.75) is 37.7 Å². The molecule has 1 atom stereocenters. The Hall–Kier alpha value is -1.26. The standard InChI is InChI=1S/C17H25NO3/c1-19-17-15(13-7-9-18-10-8-13)5-2-6-16(17)21-14-4-3-11-20-12-14/h2,5-6,13-14,18H,3-4,7-12H2,1H3. The maximum absolute atomic E-state index is 6.14. The van der Waals surface area contributed by atoms with Crippen LogP contribution in [0.5, 0.6) is 11.5 Å². The molecule has 1 N–H and O–H groups in total. The van der Waals surface area contributed by atoms with Crippen LogP contribution in [0.25, 0.3) is 0 Å². The highest BCUT2D eigenvalue weighted by atomic mass is 16.5. The van der Waals surface area contributed by atoms with E-state index in [1.165, 1.54) is 5.56 Å². The summed E-state index contributed by atoms with van der Waals surface area (Å²) in [6.45, 7) is 3.69. The van der Waals surface area contributed by atoms with Gasteiger partial charge < -0.3 is 19.5 Å². The molecule has 3 rings (SSSR count). The number of para-hydroxylation sites is 1. The van der Waals surface area contributed by atoms with E-state index in [2.05, 4.69) is 17.4 Å². The molecule has 4 nitrogen and oxygen atoms in total. The molecule has 0 amide bonds. The second kappa shape index (κ2) is 7.14. The predicted octanol–water partition coefficient (Wildman–Crippen LogP) is 2.72. The van der Waals surface area contributed by atoms with Crippen LogP contribution < -0.4 is 14.8 Å². The summed E-state index contributed by atoms with van der Waals surface area (Å²) in [5.41, 5.74) is 1.29. The fraction of sp³-hybridized carbons (Fsp3) is 0.647. The van der Waals surface area contributed by atoms with E-state index in [-0.39, 0.29) is 6.10 Å². The van der Waals surface area contributed by atoms with E-state index in [0.29, 0.717) is 12.5 Å². The minimum atomic E-state index is 0.149. The van der Waals surface area contributed by atoms with Crippen LogP contribution in [0.3, 0.4) is 0 Å². The minimum absolute atomic E-state index is 0.149. The Morgan fingerprint density at radius 3 is 2.76 bits per heavy atom. The van der Waals surface area contributed by atoms with Crippen LogP contribution in [-0.2, 0) is 4.74 Å². The second-order valence-electron chi connectivity index (χ2n) is 5.86. The fourth-order valence-electron chi connectivity index (χ4n) is 3.28. The van der Waals surface area contributed by atoms with Crippen molar-refractivity contribution in [2.24, 2.45) is 0 Å². The summed E-state index contributed by atoms with van der Waals surface area (Å²) < 4.78 is 17.3. The Labute approximate surface area is 126 Å². The first-order valence-electron chi connectivity index (χ1n) is 8.00. The third kappa shape index (κ3) is 3.50. The number of methoxy groups -OCH3 is 1. The summed E-state index contributed by atoms with van der Waals surface area (Å²) in [6.07, 6.45) is 4.59. The molecule has 0 aromatic heterocycles. The van der Waals surface area contributed by atoms with Gasteiger partial charge in [0.25, 0.3) is 0 Å². The van der Waals surface area contributed by atoms with Crippen LogP contribution >= 0.6 is 0 Å². The van der Waals surface area contributed by atoms with E-state index >= 15 is 0 Å². The Morgan fingerprint density at radius 2 is 2.05 bits per heavy atom. The first-order chi connectivity index (χ1) is 10.4. The SMILES string of the molecule is COc1c(OC2CCCOC2)cccc1C1CCNCC1. The third-order valence-corrected chi connectivity index (χ3v) is 4.40. The molecule has 116 valence electrons. The summed E-state index contributed by atoms with van der Waals surface area (Å²) >= 11 is 0. The molecule has 2 aliphatic rings. The van der Waals surface area contributed by atoms with Gasteiger partial charge >= 0.3 is 0 Å². The highest BCUT2D eigenvalue weighted by Crippen LogP contribution is 2.39. The van der Waals surface area contributed by atoms with Crippen molar-refractivity contribution in [3.05, 3.63) is 23.8 Å². The van der Waals surface area contributed by atoms with E-state index in [1.54, 1.807) is 7.11 Å². The van der Waals surface area contributed by atoms with Gasteiger partial charge in [0.05, 0.1) is 13.7 Å². The fourth-order valence-corrected chi connectivity index (χ4v) is 3.28. The average molecular weight is 291 g/mol. The van der Waals surface area contributed by atoms with Crippen molar-refractivity contribution >= 4 is 0 Å². The zero-order valence-electron chi connectivity index (χ0n) is 12.8. The van der Waals surface area contributed by atoms with Gasteiger partial charge in [-0.05, 0) is 50.8 Å². The molecular formula is C17H25NO3. The van der Waals surface area contributed by atoms with E-state index in [0.717, 1.165) is 56.9 Å². The number of piperidine rings is 1.